The Bertz CT molecular complexity index is 978. The van der Waals surface area contributed by atoms with Crippen LogP contribution in [0.1, 0.15) is 20.3 Å². The summed E-state index contributed by atoms with van der Waals surface area (Å²) in [5, 5.41) is 3.06. The molecule has 1 saturated heterocycles. The average Bonchev–Trinajstić information content (AvgIpc) is 3.12. The van der Waals surface area contributed by atoms with Crippen molar-refractivity contribution in [1.82, 2.24) is 14.9 Å². The van der Waals surface area contributed by atoms with Crippen molar-refractivity contribution in [2.24, 2.45) is 5.92 Å². The van der Waals surface area contributed by atoms with Gasteiger partial charge >= 0.3 is 0 Å². The predicted molar refractivity (Wildman–Crippen MR) is 111 cm³/mol. The molecule has 1 amide bonds. The topological polar surface area (TPSA) is 49.3 Å². The molecule has 0 saturated carbocycles. The summed E-state index contributed by atoms with van der Waals surface area (Å²) in [7, 11) is 0. The van der Waals surface area contributed by atoms with E-state index in [2.05, 4.69) is 34.1 Å². The number of rotatable bonds is 4. The number of carbonyl (C=O) groups excluding carboxylic acids is 1. The number of fused-ring (bicyclic) bond motifs is 1. The number of nitrogens with zero attached hydrogens (tertiary/aromatic N) is 4. The molecule has 0 radical (unpaired) electrons. The number of anilines is 1. The summed E-state index contributed by atoms with van der Waals surface area (Å²) in [4.78, 5) is 26.4. The van der Waals surface area contributed by atoms with E-state index in [0.29, 0.717) is 25.4 Å². The van der Waals surface area contributed by atoms with Crippen LogP contribution in [0, 0.1) is 11.7 Å². The quantitative estimate of drug-likeness (QED) is 0.661. The first-order chi connectivity index (χ1) is 13.5. The molecular weight excluding hydrogens is 375 g/mol. The number of amides is 1. The molecular formula is C21H23FN4OS. The van der Waals surface area contributed by atoms with Gasteiger partial charge in [0.1, 0.15) is 22.8 Å². The Morgan fingerprint density at radius 3 is 2.54 bits per heavy atom. The third-order valence-corrected chi connectivity index (χ3v) is 5.91. The van der Waals surface area contributed by atoms with Gasteiger partial charge in [-0.1, -0.05) is 26.0 Å². The molecule has 3 aromatic rings. The van der Waals surface area contributed by atoms with Crippen LogP contribution in [0.5, 0.6) is 0 Å². The highest BCUT2D eigenvalue weighted by molar-refractivity contribution is 7.17. The minimum absolute atomic E-state index is 0.227. The minimum atomic E-state index is -0.248. The average molecular weight is 399 g/mol. The number of hydrogen-bond donors (Lipinski definition) is 0. The van der Waals surface area contributed by atoms with Gasteiger partial charge in [-0.15, -0.1) is 11.3 Å². The first-order valence-corrected chi connectivity index (χ1v) is 10.4. The lowest BCUT2D eigenvalue weighted by atomic mass is 10.1. The zero-order chi connectivity index (χ0) is 19.7. The van der Waals surface area contributed by atoms with Gasteiger partial charge in [-0.3, -0.25) is 4.79 Å². The maximum atomic E-state index is 13.3. The third-order valence-electron chi connectivity index (χ3n) is 5.02. The van der Waals surface area contributed by atoms with Gasteiger partial charge in [-0.25, -0.2) is 14.4 Å². The number of piperazine rings is 1. The molecule has 0 spiro atoms. The highest BCUT2D eigenvalue weighted by Gasteiger charge is 2.25. The largest absolute Gasteiger partial charge is 0.352 e. The smallest absolute Gasteiger partial charge is 0.222 e. The first-order valence-electron chi connectivity index (χ1n) is 9.54. The second-order valence-electron chi connectivity index (χ2n) is 7.50. The van der Waals surface area contributed by atoms with E-state index in [1.54, 1.807) is 29.8 Å². The highest BCUT2D eigenvalue weighted by atomic mass is 32.1. The number of thiophene rings is 1. The van der Waals surface area contributed by atoms with Crippen molar-refractivity contribution in [3.8, 4) is 11.1 Å². The predicted octanol–water partition coefficient (Wildman–Crippen LogP) is 4.19. The van der Waals surface area contributed by atoms with E-state index in [0.717, 1.165) is 40.3 Å². The van der Waals surface area contributed by atoms with E-state index in [4.69, 9.17) is 0 Å². The molecule has 7 heteroatoms. The van der Waals surface area contributed by atoms with Crippen molar-refractivity contribution >= 4 is 33.3 Å². The Hall–Kier alpha value is -2.54. The second kappa shape index (κ2) is 7.83. The van der Waals surface area contributed by atoms with Crippen LogP contribution in [0.15, 0.2) is 36.0 Å². The van der Waals surface area contributed by atoms with E-state index >= 15 is 0 Å². The molecule has 0 N–H and O–H groups in total. The molecule has 3 heterocycles. The van der Waals surface area contributed by atoms with E-state index in [9.17, 15) is 9.18 Å². The fourth-order valence-corrected chi connectivity index (χ4v) is 4.50. The summed E-state index contributed by atoms with van der Waals surface area (Å²) >= 11 is 1.57. The standard InChI is InChI=1S/C21H23FN4OS/c1-14(2)11-18(27)25-7-9-26(10-8-25)20-19-17(12-28-21(19)24-13-23-20)15-3-5-16(22)6-4-15/h3-6,12-14H,7-11H2,1-2H3. The third kappa shape index (κ3) is 3.71. The Morgan fingerprint density at radius 2 is 1.86 bits per heavy atom. The summed E-state index contributed by atoms with van der Waals surface area (Å²) in [6, 6.07) is 6.52. The molecule has 2 aromatic heterocycles. The molecule has 1 aliphatic heterocycles. The number of aromatic nitrogens is 2. The number of hydrogen-bond acceptors (Lipinski definition) is 5. The van der Waals surface area contributed by atoms with Gasteiger partial charge in [0.15, 0.2) is 0 Å². The van der Waals surface area contributed by atoms with Crippen LogP contribution in [-0.2, 0) is 4.79 Å². The summed E-state index contributed by atoms with van der Waals surface area (Å²) in [6.07, 6.45) is 2.19. The molecule has 0 bridgehead atoms. The van der Waals surface area contributed by atoms with Crippen LogP contribution < -0.4 is 4.90 Å². The van der Waals surface area contributed by atoms with Crippen LogP contribution in [0.25, 0.3) is 21.3 Å². The Morgan fingerprint density at radius 1 is 1.14 bits per heavy atom. The highest BCUT2D eigenvalue weighted by Crippen LogP contribution is 2.38. The maximum absolute atomic E-state index is 13.3. The van der Waals surface area contributed by atoms with Crippen LogP contribution in [0.4, 0.5) is 10.2 Å². The zero-order valence-electron chi connectivity index (χ0n) is 16.1. The lowest BCUT2D eigenvalue weighted by Crippen LogP contribution is -2.49. The van der Waals surface area contributed by atoms with Crippen molar-refractivity contribution in [3.05, 3.63) is 41.8 Å². The molecule has 0 aliphatic carbocycles. The Balaban J connectivity index is 1.61. The molecule has 28 heavy (non-hydrogen) atoms. The normalized spacial score (nSPS) is 14.9. The maximum Gasteiger partial charge on any atom is 0.222 e. The molecule has 146 valence electrons. The minimum Gasteiger partial charge on any atom is -0.352 e. The monoisotopic (exact) mass is 398 g/mol. The first kappa shape index (κ1) is 18.8. The Kier molecular flexibility index (Phi) is 5.26. The molecule has 5 nitrogen and oxygen atoms in total. The van der Waals surface area contributed by atoms with Gasteiger partial charge < -0.3 is 9.80 Å². The van der Waals surface area contributed by atoms with Gasteiger partial charge in [0.2, 0.25) is 5.91 Å². The molecule has 0 atom stereocenters. The molecule has 4 rings (SSSR count). The van der Waals surface area contributed by atoms with E-state index in [1.807, 2.05) is 4.90 Å². The lowest BCUT2D eigenvalue weighted by Gasteiger charge is -2.36. The number of halogens is 1. The second-order valence-corrected chi connectivity index (χ2v) is 8.36. The molecule has 1 aromatic carbocycles. The molecule has 1 fully saturated rings. The van der Waals surface area contributed by atoms with Crippen molar-refractivity contribution < 1.29 is 9.18 Å². The fraction of sp³-hybridized carbons (Fsp3) is 0.381. The molecule has 0 unspecified atom stereocenters. The molecule has 1 aliphatic rings. The van der Waals surface area contributed by atoms with Crippen LogP contribution in [-0.4, -0.2) is 47.0 Å². The fourth-order valence-electron chi connectivity index (χ4n) is 3.59. The lowest BCUT2D eigenvalue weighted by molar-refractivity contribution is -0.132. The van der Waals surface area contributed by atoms with Crippen molar-refractivity contribution in [2.45, 2.75) is 20.3 Å². The summed E-state index contributed by atoms with van der Waals surface area (Å²) in [5.41, 5.74) is 1.98. The Labute approximate surface area is 167 Å². The van der Waals surface area contributed by atoms with Gasteiger partial charge in [0.25, 0.3) is 0 Å². The van der Waals surface area contributed by atoms with E-state index < -0.39 is 0 Å². The number of benzene rings is 1. The van der Waals surface area contributed by atoms with Crippen LogP contribution in [0.3, 0.4) is 0 Å². The van der Waals surface area contributed by atoms with Crippen LogP contribution >= 0.6 is 11.3 Å². The summed E-state index contributed by atoms with van der Waals surface area (Å²) in [5.74, 6) is 1.24. The zero-order valence-corrected chi connectivity index (χ0v) is 16.9. The van der Waals surface area contributed by atoms with Gasteiger partial charge in [-0.05, 0) is 23.6 Å². The van der Waals surface area contributed by atoms with Gasteiger partial charge in [0.05, 0.1) is 5.39 Å². The van der Waals surface area contributed by atoms with Crippen LogP contribution in [0.2, 0.25) is 0 Å². The van der Waals surface area contributed by atoms with Crippen molar-refractivity contribution in [3.63, 3.8) is 0 Å². The number of carbonyl (C=O) groups is 1. The van der Waals surface area contributed by atoms with Crippen molar-refractivity contribution in [2.75, 3.05) is 31.1 Å². The van der Waals surface area contributed by atoms with E-state index in [1.165, 1.54) is 12.1 Å². The van der Waals surface area contributed by atoms with Crippen molar-refractivity contribution in [1.29, 1.82) is 0 Å². The van der Waals surface area contributed by atoms with E-state index in [-0.39, 0.29) is 11.7 Å². The van der Waals surface area contributed by atoms with Gasteiger partial charge in [-0.2, -0.15) is 0 Å². The van der Waals surface area contributed by atoms with Gasteiger partial charge in [0, 0.05) is 43.5 Å². The SMILES string of the molecule is CC(C)CC(=O)N1CCN(c2ncnc3scc(-c4ccc(F)cc4)c23)CC1. The summed E-state index contributed by atoms with van der Waals surface area (Å²) in [6.45, 7) is 7.03. The summed E-state index contributed by atoms with van der Waals surface area (Å²) < 4.78 is 13.3.